The zero-order chi connectivity index (χ0) is 25.2. The predicted molar refractivity (Wildman–Crippen MR) is 126 cm³/mol. The molecule has 0 radical (unpaired) electrons. The number of nitrogens with one attached hydrogen (secondary N) is 3. The topological polar surface area (TPSA) is 154 Å². The molecule has 11 heteroatoms. The van der Waals surface area contributed by atoms with E-state index in [4.69, 9.17) is 9.84 Å². The number of hydrogen-bond acceptors (Lipinski definition) is 7. The van der Waals surface area contributed by atoms with Crippen LogP contribution in [0, 0.1) is 11.8 Å². The number of aliphatic hydroxyl groups is 1. The number of aliphatic carboxylic acids is 1. The van der Waals surface area contributed by atoms with Crippen molar-refractivity contribution in [3.05, 3.63) is 0 Å². The third-order valence-electron chi connectivity index (χ3n) is 5.45. The molecule has 1 rings (SSSR count). The Labute approximate surface area is 200 Å². The number of ether oxygens (including phenoxy) is 1. The molecule has 0 aliphatic heterocycles. The second-order valence-corrected chi connectivity index (χ2v) is 10.5. The van der Waals surface area contributed by atoms with Gasteiger partial charge in [-0.05, 0) is 77.7 Å². The zero-order valence-electron chi connectivity index (χ0n) is 20.2. The molecule has 33 heavy (non-hydrogen) atoms. The largest absolute Gasteiger partial charge is 0.480 e. The molecule has 190 valence electrons. The number of alkyl carbamates (subject to hydrolysis) is 1. The minimum absolute atomic E-state index is 0.188. The summed E-state index contributed by atoms with van der Waals surface area (Å²) in [4.78, 5) is 48.3. The summed E-state index contributed by atoms with van der Waals surface area (Å²) in [6.07, 6.45) is 3.15. The summed E-state index contributed by atoms with van der Waals surface area (Å²) >= 11 is 1.58. The lowest BCUT2D eigenvalue weighted by atomic mass is 9.81. The third-order valence-corrected chi connectivity index (χ3v) is 6.09. The number of thioether (sulfide) groups is 1. The highest BCUT2D eigenvalue weighted by Gasteiger charge is 2.32. The Hall–Kier alpha value is -2.01. The van der Waals surface area contributed by atoms with Crippen LogP contribution in [-0.4, -0.2) is 76.4 Å². The van der Waals surface area contributed by atoms with Gasteiger partial charge in [0.2, 0.25) is 11.8 Å². The summed E-state index contributed by atoms with van der Waals surface area (Å²) in [6.45, 7) is 7.03. The lowest BCUT2D eigenvalue weighted by molar-refractivity contribution is -0.145. The van der Waals surface area contributed by atoms with Gasteiger partial charge in [-0.3, -0.25) is 9.59 Å². The first-order valence-corrected chi connectivity index (χ1v) is 12.7. The van der Waals surface area contributed by atoms with Crippen molar-refractivity contribution in [1.82, 2.24) is 16.0 Å². The van der Waals surface area contributed by atoms with E-state index in [1.165, 1.54) is 6.92 Å². The monoisotopic (exact) mass is 489 g/mol. The van der Waals surface area contributed by atoms with Crippen LogP contribution in [-0.2, 0) is 19.1 Å². The maximum Gasteiger partial charge on any atom is 0.408 e. The summed E-state index contributed by atoms with van der Waals surface area (Å²) in [7, 11) is 0. The Morgan fingerprint density at radius 1 is 1.09 bits per heavy atom. The van der Waals surface area contributed by atoms with E-state index in [2.05, 4.69) is 16.0 Å². The molecular formula is C22H39N3O7S. The van der Waals surface area contributed by atoms with Crippen molar-refractivity contribution in [1.29, 1.82) is 0 Å². The molecule has 10 nitrogen and oxygen atoms in total. The minimum atomic E-state index is -1.33. The average Bonchev–Trinajstić information content (AvgIpc) is 2.71. The van der Waals surface area contributed by atoms with Crippen molar-refractivity contribution < 1.29 is 34.1 Å². The van der Waals surface area contributed by atoms with Gasteiger partial charge in [0.1, 0.15) is 11.6 Å². The SMILES string of the molecule is CSCC[C@H](NC(=O)OC(C)(C)C)C(=O)NCC1CCC(C(=O)N[C@@H](C(=O)O)[C@H](C)O)CC1. The molecule has 1 aliphatic rings. The van der Waals surface area contributed by atoms with E-state index in [-0.39, 0.29) is 23.7 Å². The van der Waals surface area contributed by atoms with Crippen molar-refractivity contribution in [2.75, 3.05) is 18.6 Å². The van der Waals surface area contributed by atoms with Crippen LogP contribution in [0.5, 0.6) is 0 Å². The molecule has 0 heterocycles. The molecule has 1 aliphatic carbocycles. The van der Waals surface area contributed by atoms with Gasteiger partial charge >= 0.3 is 12.1 Å². The molecule has 3 atom stereocenters. The van der Waals surface area contributed by atoms with Gasteiger partial charge in [0.15, 0.2) is 6.04 Å². The van der Waals surface area contributed by atoms with E-state index < -0.39 is 35.9 Å². The van der Waals surface area contributed by atoms with Gasteiger partial charge in [0, 0.05) is 12.5 Å². The van der Waals surface area contributed by atoms with E-state index in [9.17, 15) is 24.3 Å². The molecule has 1 saturated carbocycles. The second kappa shape index (κ2) is 13.6. The molecule has 0 bridgehead atoms. The fourth-order valence-corrected chi connectivity index (χ4v) is 4.08. The standard InChI is InChI=1S/C22H39N3O7S/c1-13(26)17(20(29)30)25-18(27)15-8-6-14(7-9-15)12-23-19(28)16(10-11-33-5)24-21(31)32-22(2,3)4/h13-17,26H,6-12H2,1-5H3,(H,23,28)(H,24,31)(H,25,27)(H,29,30)/t13-,14?,15?,16-,17+/m0/s1. The first-order chi connectivity index (χ1) is 15.3. The van der Waals surface area contributed by atoms with Gasteiger partial charge in [0.05, 0.1) is 6.10 Å². The number of carbonyl (C=O) groups is 4. The summed E-state index contributed by atoms with van der Waals surface area (Å²) in [5.74, 6) is -1.34. The first kappa shape index (κ1) is 29.0. The fraction of sp³-hybridized carbons (Fsp3) is 0.818. The van der Waals surface area contributed by atoms with Gasteiger partial charge in [0.25, 0.3) is 0 Å². The van der Waals surface area contributed by atoms with Crippen LogP contribution < -0.4 is 16.0 Å². The fourth-order valence-electron chi connectivity index (χ4n) is 3.61. The number of aliphatic hydroxyl groups excluding tert-OH is 1. The molecule has 0 aromatic heterocycles. The summed E-state index contributed by atoms with van der Waals surface area (Å²) in [5, 5.41) is 26.6. The number of carboxylic acid groups (broad SMARTS) is 1. The van der Waals surface area contributed by atoms with Crippen LogP contribution in [0.15, 0.2) is 0 Å². The zero-order valence-corrected chi connectivity index (χ0v) is 21.0. The number of rotatable bonds is 11. The summed E-state index contributed by atoms with van der Waals surface area (Å²) in [5.41, 5.74) is -0.657. The maximum absolute atomic E-state index is 12.7. The molecule has 1 fully saturated rings. The minimum Gasteiger partial charge on any atom is -0.480 e. The van der Waals surface area contributed by atoms with Gasteiger partial charge in [-0.1, -0.05) is 0 Å². The molecular weight excluding hydrogens is 450 g/mol. The lowest BCUT2D eigenvalue weighted by Gasteiger charge is -2.29. The van der Waals surface area contributed by atoms with Crippen molar-refractivity contribution >= 4 is 35.6 Å². The molecule has 0 spiro atoms. The number of carboxylic acids is 1. The van der Waals surface area contributed by atoms with Crippen LogP contribution in [0.4, 0.5) is 4.79 Å². The van der Waals surface area contributed by atoms with Crippen molar-refractivity contribution in [2.24, 2.45) is 11.8 Å². The van der Waals surface area contributed by atoms with Crippen LogP contribution in [0.2, 0.25) is 0 Å². The highest BCUT2D eigenvalue weighted by Crippen LogP contribution is 2.28. The van der Waals surface area contributed by atoms with E-state index in [1.807, 2.05) is 6.26 Å². The van der Waals surface area contributed by atoms with Gasteiger partial charge in [-0.15, -0.1) is 0 Å². The van der Waals surface area contributed by atoms with Crippen LogP contribution in [0.1, 0.15) is 59.8 Å². The normalized spacial score (nSPS) is 21.3. The van der Waals surface area contributed by atoms with Gasteiger partial charge in [-0.25, -0.2) is 9.59 Å². The molecule has 0 aromatic carbocycles. The van der Waals surface area contributed by atoms with Crippen molar-refractivity contribution in [2.45, 2.75) is 83.6 Å². The van der Waals surface area contributed by atoms with Crippen molar-refractivity contribution in [3.63, 3.8) is 0 Å². The quantitative estimate of drug-likeness (QED) is 0.293. The third kappa shape index (κ3) is 11.1. The summed E-state index contributed by atoms with van der Waals surface area (Å²) in [6, 6.07) is -2.02. The van der Waals surface area contributed by atoms with E-state index in [0.29, 0.717) is 44.4 Å². The van der Waals surface area contributed by atoms with E-state index in [0.717, 1.165) is 0 Å². The smallest absolute Gasteiger partial charge is 0.408 e. The first-order valence-electron chi connectivity index (χ1n) is 11.3. The Kier molecular flexibility index (Phi) is 12.0. The number of hydrogen-bond donors (Lipinski definition) is 5. The number of amides is 3. The summed E-state index contributed by atoms with van der Waals surface area (Å²) < 4.78 is 5.26. The van der Waals surface area contributed by atoms with Gasteiger partial charge < -0.3 is 30.9 Å². The maximum atomic E-state index is 12.7. The van der Waals surface area contributed by atoms with E-state index in [1.54, 1.807) is 32.5 Å². The second-order valence-electron chi connectivity index (χ2n) is 9.51. The van der Waals surface area contributed by atoms with Crippen LogP contribution >= 0.6 is 11.8 Å². The van der Waals surface area contributed by atoms with Gasteiger partial charge in [-0.2, -0.15) is 11.8 Å². The molecule has 3 amide bonds. The lowest BCUT2D eigenvalue weighted by Crippen LogP contribution is -2.50. The molecule has 0 unspecified atom stereocenters. The predicted octanol–water partition coefficient (Wildman–Crippen LogP) is 1.51. The van der Waals surface area contributed by atoms with Crippen LogP contribution in [0.3, 0.4) is 0 Å². The highest BCUT2D eigenvalue weighted by molar-refractivity contribution is 7.98. The Morgan fingerprint density at radius 3 is 2.18 bits per heavy atom. The van der Waals surface area contributed by atoms with E-state index >= 15 is 0 Å². The van der Waals surface area contributed by atoms with Crippen LogP contribution in [0.25, 0.3) is 0 Å². The Morgan fingerprint density at radius 2 is 1.70 bits per heavy atom. The molecule has 5 N–H and O–H groups in total. The Bertz CT molecular complexity index is 673. The molecule has 0 saturated heterocycles. The van der Waals surface area contributed by atoms with Crippen molar-refractivity contribution in [3.8, 4) is 0 Å². The average molecular weight is 490 g/mol. The number of carbonyl (C=O) groups excluding carboxylic acids is 3. The highest BCUT2D eigenvalue weighted by atomic mass is 32.2. The molecule has 0 aromatic rings. The Balaban J connectivity index is 2.51.